The van der Waals surface area contributed by atoms with Crippen molar-refractivity contribution in [1.29, 1.82) is 0 Å². The number of nitrogens with zero attached hydrogens (tertiary/aromatic N) is 2. The fraction of sp³-hybridized carbons (Fsp3) is 0.185. The van der Waals surface area contributed by atoms with Crippen molar-refractivity contribution in [3.05, 3.63) is 110 Å². The number of carbonyl (C=O) groups is 1. The summed E-state index contributed by atoms with van der Waals surface area (Å²) in [6.07, 6.45) is 5.13. The lowest BCUT2D eigenvalue weighted by Crippen LogP contribution is -2.31. The molecule has 1 fully saturated rings. The number of allylic oxidation sites excluding steroid dienone is 1. The van der Waals surface area contributed by atoms with Gasteiger partial charge in [-0.05, 0) is 84.5 Å². The van der Waals surface area contributed by atoms with E-state index in [-0.39, 0.29) is 17.9 Å². The molecule has 0 spiro atoms. The Morgan fingerprint density at radius 1 is 1.00 bits per heavy atom. The smallest absolute Gasteiger partial charge is 0.267 e. The predicted molar refractivity (Wildman–Crippen MR) is 139 cm³/mol. The maximum Gasteiger partial charge on any atom is 0.274 e. The van der Waals surface area contributed by atoms with E-state index < -0.39 is 0 Å². The number of rotatable bonds is 3. The van der Waals surface area contributed by atoms with Gasteiger partial charge in [0.05, 0.1) is 11.8 Å². The second kappa shape index (κ2) is 9.46. The van der Waals surface area contributed by atoms with E-state index >= 15 is 0 Å². The molecule has 33 heavy (non-hydrogen) atoms. The molecule has 5 rings (SSSR count). The van der Waals surface area contributed by atoms with Crippen molar-refractivity contribution in [2.24, 2.45) is 11.0 Å². The first-order valence-corrected chi connectivity index (χ1v) is 12.4. The van der Waals surface area contributed by atoms with Gasteiger partial charge in [0.15, 0.2) is 0 Å². The maximum absolute atomic E-state index is 13.6. The molecule has 0 aromatic heterocycles. The topological polar surface area (TPSA) is 32.7 Å². The molecule has 0 unspecified atom stereocenters. The number of carbonyl (C=O) groups excluding carboxylic acids is 1. The lowest BCUT2D eigenvalue weighted by Gasteiger charge is -2.29. The van der Waals surface area contributed by atoms with Crippen LogP contribution in [0.15, 0.2) is 87.9 Å². The standard InChI is InChI=1S/C27H21BrCl2N2O/c28-21-5-1-4-20(16-21)27(33)32-26(18-9-13-23(30)14-10-18)24-6-2-3-19(25(24)31-32)15-17-7-11-22(29)12-8-17/h1,4-5,7-16,24,26H,2-3,6H2/b19-15-/t24-,26+/m0/s1. The van der Waals surface area contributed by atoms with E-state index in [1.807, 2.05) is 72.8 Å². The SMILES string of the molecule is O=C(c1cccc(Br)c1)N1N=C2/C(=C\c3ccc(Cl)cc3)CCC[C@@H]2[C@H]1c1ccc(Cl)cc1. The highest BCUT2D eigenvalue weighted by molar-refractivity contribution is 9.10. The average Bonchev–Trinajstić information content (AvgIpc) is 3.21. The second-order valence-electron chi connectivity index (χ2n) is 8.36. The first-order chi connectivity index (χ1) is 16.0. The highest BCUT2D eigenvalue weighted by atomic mass is 79.9. The Morgan fingerprint density at radius 2 is 1.70 bits per heavy atom. The van der Waals surface area contributed by atoms with Crippen LogP contribution in [0.2, 0.25) is 10.0 Å². The van der Waals surface area contributed by atoms with Gasteiger partial charge in [0.2, 0.25) is 0 Å². The summed E-state index contributed by atoms with van der Waals surface area (Å²) in [4.78, 5) is 13.6. The quantitative estimate of drug-likeness (QED) is 0.330. The van der Waals surface area contributed by atoms with Gasteiger partial charge in [-0.2, -0.15) is 5.10 Å². The van der Waals surface area contributed by atoms with Crippen molar-refractivity contribution in [3.8, 4) is 0 Å². The van der Waals surface area contributed by atoms with E-state index in [1.165, 1.54) is 5.57 Å². The van der Waals surface area contributed by atoms with Crippen LogP contribution >= 0.6 is 39.1 Å². The van der Waals surface area contributed by atoms with Gasteiger partial charge in [-0.15, -0.1) is 0 Å². The van der Waals surface area contributed by atoms with Crippen LogP contribution in [0.25, 0.3) is 6.08 Å². The highest BCUT2D eigenvalue weighted by Crippen LogP contribution is 2.45. The third-order valence-electron chi connectivity index (χ3n) is 6.20. The molecular weight excluding hydrogens is 519 g/mol. The Kier molecular flexibility index (Phi) is 6.42. The van der Waals surface area contributed by atoms with Crippen molar-refractivity contribution >= 4 is 56.8 Å². The zero-order valence-electron chi connectivity index (χ0n) is 17.7. The van der Waals surface area contributed by atoms with Crippen LogP contribution in [0, 0.1) is 5.92 Å². The van der Waals surface area contributed by atoms with E-state index in [2.05, 4.69) is 22.0 Å². The number of benzene rings is 3. The summed E-state index contributed by atoms with van der Waals surface area (Å²) >= 11 is 15.7. The van der Waals surface area contributed by atoms with Crippen molar-refractivity contribution in [2.45, 2.75) is 25.3 Å². The summed E-state index contributed by atoms with van der Waals surface area (Å²) in [5, 5.41) is 8.01. The van der Waals surface area contributed by atoms with Crippen molar-refractivity contribution < 1.29 is 4.79 Å². The van der Waals surface area contributed by atoms with Gasteiger partial charge >= 0.3 is 0 Å². The number of hydrogen-bond donors (Lipinski definition) is 0. The zero-order valence-corrected chi connectivity index (χ0v) is 20.8. The molecule has 0 radical (unpaired) electrons. The molecule has 2 atom stereocenters. The Balaban J connectivity index is 1.58. The van der Waals surface area contributed by atoms with Crippen LogP contribution in [-0.4, -0.2) is 16.6 Å². The lowest BCUT2D eigenvalue weighted by molar-refractivity contribution is 0.0681. The normalized spacial score (nSPS) is 21.1. The Bertz CT molecular complexity index is 1250. The van der Waals surface area contributed by atoms with Crippen molar-refractivity contribution in [1.82, 2.24) is 5.01 Å². The molecule has 166 valence electrons. The van der Waals surface area contributed by atoms with Gasteiger partial charge in [0.25, 0.3) is 5.91 Å². The Hall–Kier alpha value is -2.40. The van der Waals surface area contributed by atoms with Gasteiger partial charge in [-0.1, -0.05) is 69.5 Å². The monoisotopic (exact) mass is 538 g/mol. The van der Waals surface area contributed by atoms with E-state index in [4.69, 9.17) is 28.3 Å². The Morgan fingerprint density at radius 3 is 2.39 bits per heavy atom. The molecule has 0 bridgehead atoms. The van der Waals surface area contributed by atoms with Crippen LogP contribution in [0.5, 0.6) is 0 Å². The lowest BCUT2D eigenvalue weighted by atomic mass is 9.77. The summed E-state index contributed by atoms with van der Waals surface area (Å²) in [7, 11) is 0. The van der Waals surface area contributed by atoms with Gasteiger partial charge in [0.1, 0.15) is 0 Å². The molecule has 0 saturated heterocycles. The summed E-state index contributed by atoms with van der Waals surface area (Å²) in [6, 6.07) is 22.9. The van der Waals surface area contributed by atoms with Crippen molar-refractivity contribution in [2.75, 3.05) is 0 Å². The van der Waals surface area contributed by atoms with Crippen LogP contribution in [0.1, 0.15) is 46.8 Å². The minimum absolute atomic E-state index is 0.107. The molecule has 1 amide bonds. The van der Waals surface area contributed by atoms with E-state index in [0.29, 0.717) is 15.6 Å². The fourth-order valence-corrected chi connectivity index (χ4v) is 5.33. The van der Waals surface area contributed by atoms with Gasteiger partial charge < -0.3 is 0 Å². The molecule has 6 heteroatoms. The summed E-state index contributed by atoms with van der Waals surface area (Å²) in [6.45, 7) is 0. The average molecular weight is 540 g/mol. The summed E-state index contributed by atoms with van der Waals surface area (Å²) < 4.78 is 0.865. The van der Waals surface area contributed by atoms with E-state index in [1.54, 1.807) is 5.01 Å². The third kappa shape index (κ3) is 4.65. The van der Waals surface area contributed by atoms with Crippen LogP contribution < -0.4 is 0 Å². The highest BCUT2D eigenvalue weighted by Gasteiger charge is 2.43. The number of hydrazone groups is 1. The van der Waals surface area contributed by atoms with Crippen molar-refractivity contribution in [3.63, 3.8) is 0 Å². The van der Waals surface area contributed by atoms with Crippen LogP contribution in [0.3, 0.4) is 0 Å². The van der Waals surface area contributed by atoms with Crippen LogP contribution in [0.4, 0.5) is 0 Å². The molecule has 1 aliphatic heterocycles. The number of hydrogen-bond acceptors (Lipinski definition) is 2. The summed E-state index contributed by atoms with van der Waals surface area (Å²) in [5.74, 6) is 0.0265. The molecule has 3 aromatic rings. The first kappa shape index (κ1) is 22.4. The number of fused-ring (bicyclic) bond motifs is 1. The largest absolute Gasteiger partial charge is 0.274 e. The predicted octanol–water partition coefficient (Wildman–Crippen LogP) is 8.19. The molecule has 2 aliphatic rings. The molecule has 3 nitrogen and oxygen atoms in total. The molecule has 0 N–H and O–H groups in total. The maximum atomic E-state index is 13.6. The number of halogens is 3. The first-order valence-electron chi connectivity index (χ1n) is 10.9. The third-order valence-corrected chi connectivity index (χ3v) is 7.20. The zero-order chi connectivity index (χ0) is 22.9. The Labute approximate surface area is 211 Å². The summed E-state index contributed by atoms with van der Waals surface area (Å²) in [5.41, 5.74) is 4.91. The van der Waals surface area contributed by atoms with Gasteiger partial charge in [0, 0.05) is 26.0 Å². The van der Waals surface area contributed by atoms with E-state index in [0.717, 1.165) is 40.6 Å². The minimum atomic E-state index is -0.169. The molecule has 3 aromatic carbocycles. The second-order valence-corrected chi connectivity index (χ2v) is 10.2. The van der Waals surface area contributed by atoms with Crippen LogP contribution in [-0.2, 0) is 0 Å². The molecular formula is C27H21BrCl2N2O. The molecule has 1 aliphatic carbocycles. The van der Waals surface area contributed by atoms with Gasteiger partial charge in [-0.3, -0.25) is 4.79 Å². The molecule has 1 saturated carbocycles. The fourth-order valence-electron chi connectivity index (χ4n) is 4.68. The minimum Gasteiger partial charge on any atom is -0.267 e. The van der Waals surface area contributed by atoms with E-state index in [9.17, 15) is 4.79 Å². The molecule has 1 heterocycles. The van der Waals surface area contributed by atoms with Gasteiger partial charge in [-0.25, -0.2) is 5.01 Å². The number of amides is 1.